The van der Waals surface area contributed by atoms with Crippen LogP contribution in [-0.4, -0.2) is 43.7 Å². The van der Waals surface area contributed by atoms with Crippen molar-refractivity contribution in [2.75, 3.05) is 7.05 Å². The monoisotopic (exact) mass is 418 g/mol. The summed E-state index contributed by atoms with van der Waals surface area (Å²) in [7, 11) is 1.71. The molecule has 2 amide bonds. The highest BCUT2D eigenvalue weighted by Crippen LogP contribution is 2.19. The summed E-state index contributed by atoms with van der Waals surface area (Å²) in [5.74, 6) is -0.0201. The minimum Gasteiger partial charge on any atom is -0.348 e. The van der Waals surface area contributed by atoms with Crippen LogP contribution in [0.4, 0.5) is 0 Å². The molecule has 0 aliphatic carbocycles. The van der Waals surface area contributed by atoms with E-state index in [1.165, 1.54) is 6.20 Å². The number of benzene rings is 1. The van der Waals surface area contributed by atoms with Gasteiger partial charge in [-0.1, -0.05) is 44.2 Å². The van der Waals surface area contributed by atoms with E-state index >= 15 is 0 Å². The van der Waals surface area contributed by atoms with Gasteiger partial charge in [-0.2, -0.15) is 0 Å². The van der Waals surface area contributed by atoms with Gasteiger partial charge in [-0.3, -0.25) is 19.6 Å². The highest BCUT2D eigenvalue weighted by atomic mass is 16.2. The number of aromatic nitrogens is 4. The molecule has 160 valence electrons. The van der Waals surface area contributed by atoms with Crippen molar-refractivity contribution in [3.63, 3.8) is 0 Å². The molecule has 3 aromatic rings. The van der Waals surface area contributed by atoms with E-state index in [0.29, 0.717) is 29.3 Å². The van der Waals surface area contributed by atoms with Crippen LogP contribution in [-0.2, 0) is 17.9 Å². The maximum atomic E-state index is 12.9. The smallest absolute Gasteiger partial charge is 0.255 e. The summed E-state index contributed by atoms with van der Waals surface area (Å²) in [5.41, 5.74) is 2.90. The van der Waals surface area contributed by atoms with Crippen molar-refractivity contribution in [2.45, 2.75) is 33.9 Å². The summed E-state index contributed by atoms with van der Waals surface area (Å²) >= 11 is 0. The van der Waals surface area contributed by atoms with Gasteiger partial charge in [0, 0.05) is 31.9 Å². The topological polar surface area (TPSA) is 101 Å². The number of carbonyl (C=O) groups excluding carboxylic acids is 2. The first-order valence-electron chi connectivity index (χ1n) is 10.1. The van der Waals surface area contributed by atoms with Crippen molar-refractivity contribution in [3.8, 4) is 11.4 Å². The van der Waals surface area contributed by atoms with Gasteiger partial charge in [0.15, 0.2) is 0 Å². The Morgan fingerprint density at radius 3 is 2.42 bits per heavy atom. The summed E-state index contributed by atoms with van der Waals surface area (Å²) in [4.78, 5) is 44.2. The number of hydrogen-bond donors (Lipinski definition) is 1. The lowest BCUT2D eigenvalue weighted by Gasteiger charge is -2.19. The molecule has 0 saturated carbocycles. The van der Waals surface area contributed by atoms with Gasteiger partial charge in [0.25, 0.3) is 5.91 Å². The number of hydrogen-bond acceptors (Lipinski definition) is 6. The molecule has 8 heteroatoms. The zero-order chi connectivity index (χ0) is 22.4. The molecule has 0 atom stereocenters. The van der Waals surface area contributed by atoms with Crippen LogP contribution in [0.3, 0.4) is 0 Å². The largest absolute Gasteiger partial charge is 0.348 e. The normalized spacial score (nSPS) is 10.7. The van der Waals surface area contributed by atoms with E-state index in [-0.39, 0.29) is 24.3 Å². The summed E-state index contributed by atoms with van der Waals surface area (Å²) < 4.78 is 0. The van der Waals surface area contributed by atoms with Crippen molar-refractivity contribution in [1.29, 1.82) is 0 Å². The average molecular weight is 419 g/mol. The quantitative estimate of drug-likeness (QED) is 0.633. The van der Waals surface area contributed by atoms with Gasteiger partial charge in [0.2, 0.25) is 5.91 Å². The van der Waals surface area contributed by atoms with Crippen LogP contribution in [0, 0.1) is 12.8 Å². The maximum Gasteiger partial charge on any atom is 0.255 e. The van der Waals surface area contributed by atoms with Gasteiger partial charge >= 0.3 is 0 Å². The zero-order valence-electron chi connectivity index (χ0n) is 18.2. The van der Waals surface area contributed by atoms with E-state index in [9.17, 15) is 9.59 Å². The molecule has 1 N–H and O–H groups in total. The lowest BCUT2D eigenvalue weighted by Crippen LogP contribution is -2.31. The summed E-state index contributed by atoms with van der Waals surface area (Å²) in [6.45, 7) is 6.13. The average Bonchev–Trinajstić information content (AvgIpc) is 2.78. The Balaban J connectivity index is 1.89. The van der Waals surface area contributed by atoms with Crippen LogP contribution < -0.4 is 5.32 Å². The zero-order valence-corrected chi connectivity index (χ0v) is 18.2. The number of carbonyl (C=O) groups is 2. The van der Waals surface area contributed by atoms with Gasteiger partial charge < -0.3 is 10.2 Å². The van der Waals surface area contributed by atoms with Crippen molar-refractivity contribution >= 4 is 11.8 Å². The predicted octanol–water partition coefficient (Wildman–Crippen LogP) is 2.79. The first-order valence-corrected chi connectivity index (χ1v) is 10.1. The van der Waals surface area contributed by atoms with E-state index in [1.807, 2.05) is 51.1 Å². The molecule has 0 radical (unpaired) electrons. The summed E-state index contributed by atoms with van der Waals surface area (Å²) in [6.07, 6.45) is 4.68. The minimum absolute atomic E-state index is 0.00930. The van der Waals surface area contributed by atoms with Gasteiger partial charge in [0.05, 0.1) is 24.0 Å². The fraction of sp³-hybridized carbons (Fsp3) is 0.304. The Labute approximate surface area is 181 Å². The van der Waals surface area contributed by atoms with Crippen LogP contribution in [0.2, 0.25) is 0 Å². The number of nitrogens with one attached hydrogen (secondary N) is 1. The van der Waals surface area contributed by atoms with Crippen LogP contribution in [0.25, 0.3) is 11.4 Å². The lowest BCUT2D eigenvalue weighted by atomic mass is 10.1. The molecular formula is C23H26N6O2. The van der Waals surface area contributed by atoms with Crippen LogP contribution in [0.1, 0.15) is 41.3 Å². The first kappa shape index (κ1) is 22.0. The Kier molecular flexibility index (Phi) is 7.02. The van der Waals surface area contributed by atoms with Gasteiger partial charge in [-0.15, -0.1) is 0 Å². The van der Waals surface area contributed by atoms with Crippen molar-refractivity contribution in [1.82, 2.24) is 30.2 Å². The Hall–Kier alpha value is -3.68. The molecule has 3 rings (SSSR count). The molecule has 0 fully saturated rings. The van der Waals surface area contributed by atoms with E-state index in [0.717, 1.165) is 11.3 Å². The maximum absolute atomic E-state index is 12.9. The number of rotatable bonds is 7. The minimum atomic E-state index is -0.306. The molecule has 0 unspecified atom stereocenters. The van der Waals surface area contributed by atoms with E-state index in [4.69, 9.17) is 0 Å². The number of amides is 2. The highest BCUT2D eigenvalue weighted by molar-refractivity contribution is 5.99. The Morgan fingerprint density at radius 1 is 1.03 bits per heavy atom. The lowest BCUT2D eigenvalue weighted by molar-refractivity contribution is -0.133. The Morgan fingerprint density at radius 2 is 1.77 bits per heavy atom. The van der Waals surface area contributed by atoms with Gasteiger partial charge in [-0.25, -0.2) is 9.97 Å². The van der Waals surface area contributed by atoms with Gasteiger partial charge in [-0.05, 0) is 12.5 Å². The molecule has 2 heterocycles. The van der Waals surface area contributed by atoms with Crippen molar-refractivity contribution in [2.24, 2.45) is 5.92 Å². The van der Waals surface area contributed by atoms with Crippen LogP contribution in [0.5, 0.6) is 0 Å². The molecular weight excluding hydrogens is 392 g/mol. The van der Waals surface area contributed by atoms with Crippen molar-refractivity contribution < 1.29 is 9.59 Å². The molecule has 0 bridgehead atoms. The number of aryl methyl sites for hydroxylation is 1. The van der Waals surface area contributed by atoms with E-state index < -0.39 is 0 Å². The molecule has 0 aliphatic heterocycles. The standard InChI is InChI=1S/C23H26N6O2/c1-15(2)23(31)29(4)14-20-26-12-18(21(28-20)19-13-24-16(3)10-25-19)22(30)27-11-17-8-6-5-7-9-17/h5-10,12-13,15H,11,14H2,1-4H3,(H,27,30). The third-order valence-corrected chi connectivity index (χ3v) is 4.65. The predicted molar refractivity (Wildman–Crippen MR) is 117 cm³/mol. The summed E-state index contributed by atoms with van der Waals surface area (Å²) in [6, 6.07) is 9.64. The van der Waals surface area contributed by atoms with Crippen LogP contribution in [0.15, 0.2) is 48.9 Å². The van der Waals surface area contributed by atoms with E-state index in [2.05, 4.69) is 25.3 Å². The molecule has 0 saturated heterocycles. The molecule has 0 aliphatic rings. The SMILES string of the molecule is Cc1cnc(-c2nc(CN(C)C(=O)C(C)C)ncc2C(=O)NCc2ccccc2)cn1. The molecule has 0 spiro atoms. The van der Waals surface area contributed by atoms with Gasteiger partial charge in [0.1, 0.15) is 17.2 Å². The Bertz CT molecular complexity index is 1050. The molecule has 1 aromatic carbocycles. The van der Waals surface area contributed by atoms with Crippen LogP contribution >= 0.6 is 0 Å². The fourth-order valence-corrected chi connectivity index (χ4v) is 2.98. The molecule has 8 nitrogen and oxygen atoms in total. The fourth-order valence-electron chi connectivity index (χ4n) is 2.98. The number of nitrogens with zero attached hydrogens (tertiary/aromatic N) is 5. The second-order valence-corrected chi connectivity index (χ2v) is 7.61. The summed E-state index contributed by atoms with van der Waals surface area (Å²) in [5, 5.41) is 2.90. The highest BCUT2D eigenvalue weighted by Gasteiger charge is 2.20. The third-order valence-electron chi connectivity index (χ3n) is 4.65. The third kappa shape index (κ3) is 5.69. The second kappa shape index (κ2) is 9.88. The second-order valence-electron chi connectivity index (χ2n) is 7.61. The van der Waals surface area contributed by atoms with Crippen molar-refractivity contribution in [3.05, 3.63) is 71.6 Å². The van der Waals surface area contributed by atoms with E-state index in [1.54, 1.807) is 24.3 Å². The molecule has 31 heavy (non-hydrogen) atoms. The first-order chi connectivity index (χ1) is 14.8. The molecule has 2 aromatic heterocycles.